The quantitative estimate of drug-likeness (QED) is 0.902. The van der Waals surface area contributed by atoms with Gasteiger partial charge < -0.3 is 10.1 Å². The van der Waals surface area contributed by atoms with E-state index in [4.69, 9.17) is 4.74 Å². The molecule has 3 rings (SSSR count). The van der Waals surface area contributed by atoms with Crippen LogP contribution in [0.5, 0.6) is 0 Å². The first-order valence-electron chi connectivity index (χ1n) is 7.22. The van der Waals surface area contributed by atoms with E-state index >= 15 is 0 Å². The molecule has 2 nitrogen and oxygen atoms in total. The Morgan fingerprint density at radius 1 is 1.37 bits per heavy atom. The lowest BCUT2D eigenvalue weighted by molar-refractivity contribution is 0.0410. The van der Waals surface area contributed by atoms with Crippen LogP contribution >= 0.6 is 0 Å². The van der Waals surface area contributed by atoms with E-state index in [1.807, 2.05) is 18.2 Å². The molecule has 2 aliphatic rings. The fraction of sp³-hybridized carbons (Fsp3) is 0.625. The maximum absolute atomic E-state index is 14.9. The van der Waals surface area contributed by atoms with Gasteiger partial charge in [-0.2, -0.15) is 0 Å². The summed E-state index contributed by atoms with van der Waals surface area (Å²) in [5, 5.41) is 3.35. The van der Waals surface area contributed by atoms with E-state index in [9.17, 15) is 4.39 Å². The lowest BCUT2D eigenvalue weighted by Crippen LogP contribution is -2.45. The molecule has 1 aromatic rings. The molecule has 1 saturated heterocycles. The predicted octanol–water partition coefficient (Wildman–Crippen LogP) is 2.90. The normalized spacial score (nSPS) is 33.7. The summed E-state index contributed by atoms with van der Waals surface area (Å²) >= 11 is 0. The Kier molecular flexibility index (Phi) is 3.59. The minimum absolute atomic E-state index is 0.165. The van der Waals surface area contributed by atoms with Gasteiger partial charge in [0.05, 0.1) is 13.2 Å². The molecule has 4 unspecified atom stereocenters. The SMILES string of the molecule is CC(F)(CC1COCCN1)C1CC1c1ccccc1. The standard InChI is InChI=1S/C16H22FNO/c1-16(17,10-13-11-19-8-7-18-13)15-9-14(15)12-5-3-2-4-6-12/h2-6,13-15,18H,7-11H2,1H3. The summed E-state index contributed by atoms with van der Waals surface area (Å²) < 4.78 is 20.3. The highest BCUT2D eigenvalue weighted by Crippen LogP contribution is 2.56. The second kappa shape index (κ2) is 5.22. The van der Waals surface area contributed by atoms with Crippen LogP contribution in [0.15, 0.2) is 30.3 Å². The highest BCUT2D eigenvalue weighted by atomic mass is 19.1. The van der Waals surface area contributed by atoms with E-state index in [0.29, 0.717) is 18.9 Å². The first-order chi connectivity index (χ1) is 9.17. The van der Waals surface area contributed by atoms with E-state index in [1.165, 1.54) is 5.56 Å². The van der Waals surface area contributed by atoms with Gasteiger partial charge in [-0.1, -0.05) is 30.3 Å². The number of alkyl halides is 1. The number of hydrogen-bond acceptors (Lipinski definition) is 2. The first-order valence-corrected chi connectivity index (χ1v) is 7.22. The fourth-order valence-corrected chi connectivity index (χ4v) is 3.31. The van der Waals surface area contributed by atoms with Crippen LogP contribution in [0.25, 0.3) is 0 Å². The van der Waals surface area contributed by atoms with Gasteiger partial charge in [-0.3, -0.25) is 0 Å². The van der Waals surface area contributed by atoms with Crippen molar-refractivity contribution in [1.82, 2.24) is 5.32 Å². The van der Waals surface area contributed by atoms with Crippen molar-refractivity contribution in [2.75, 3.05) is 19.8 Å². The third kappa shape index (κ3) is 2.98. The van der Waals surface area contributed by atoms with Gasteiger partial charge in [0.2, 0.25) is 0 Å². The zero-order valence-corrected chi connectivity index (χ0v) is 11.4. The molecule has 3 heteroatoms. The number of hydrogen-bond donors (Lipinski definition) is 1. The Bertz CT molecular complexity index is 414. The number of morpholine rings is 1. The summed E-state index contributed by atoms with van der Waals surface area (Å²) in [4.78, 5) is 0. The molecule has 1 heterocycles. The smallest absolute Gasteiger partial charge is 0.113 e. The van der Waals surface area contributed by atoms with Crippen LogP contribution < -0.4 is 5.32 Å². The van der Waals surface area contributed by atoms with Crippen molar-refractivity contribution in [3.05, 3.63) is 35.9 Å². The largest absolute Gasteiger partial charge is 0.379 e. The Labute approximate surface area is 114 Å². The molecule has 1 N–H and O–H groups in total. The molecular formula is C16H22FNO. The second-order valence-electron chi connectivity index (χ2n) is 6.07. The number of benzene rings is 1. The number of ether oxygens (including phenoxy) is 1. The summed E-state index contributed by atoms with van der Waals surface area (Å²) in [6, 6.07) is 10.5. The average molecular weight is 263 g/mol. The van der Waals surface area contributed by atoms with Crippen molar-refractivity contribution < 1.29 is 9.13 Å². The molecule has 4 atom stereocenters. The van der Waals surface area contributed by atoms with E-state index in [2.05, 4.69) is 17.4 Å². The van der Waals surface area contributed by atoms with Gasteiger partial charge in [-0.15, -0.1) is 0 Å². The molecule has 0 spiro atoms. The highest BCUT2D eigenvalue weighted by Gasteiger charge is 2.51. The molecule has 0 bridgehead atoms. The maximum atomic E-state index is 14.9. The topological polar surface area (TPSA) is 21.3 Å². The van der Waals surface area contributed by atoms with Gasteiger partial charge in [-0.25, -0.2) is 4.39 Å². The second-order valence-corrected chi connectivity index (χ2v) is 6.07. The Morgan fingerprint density at radius 3 is 2.84 bits per heavy atom. The Hall–Kier alpha value is -0.930. The van der Waals surface area contributed by atoms with Crippen molar-refractivity contribution in [2.24, 2.45) is 5.92 Å². The van der Waals surface area contributed by atoms with Crippen molar-refractivity contribution >= 4 is 0 Å². The van der Waals surface area contributed by atoms with E-state index in [-0.39, 0.29) is 12.0 Å². The zero-order chi connectivity index (χ0) is 13.3. The van der Waals surface area contributed by atoms with Gasteiger partial charge in [0.25, 0.3) is 0 Å². The predicted molar refractivity (Wildman–Crippen MR) is 74.0 cm³/mol. The molecule has 19 heavy (non-hydrogen) atoms. The Morgan fingerprint density at radius 2 is 2.16 bits per heavy atom. The van der Waals surface area contributed by atoms with Crippen LogP contribution in [0.4, 0.5) is 4.39 Å². The van der Waals surface area contributed by atoms with E-state index in [1.54, 1.807) is 6.92 Å². The maximum Gasteiger partial charge on any atom is 0.113 e. The van der Waals surface area contributed by atoms with E-state index in [0.717, 1.165) is 19.6 Å². The summed E-state index contributed by atoms with van der Waals surface area (Å²) in [7, 11) is 0. The number of rotatable bonds is 4. The molecule has 1 saturated carbocycles. The number of halogens is 1. The van der Waals surface area contributed by atoms with Crippen molar-refractivity contribution in [2.45, 2.75) is 37.4 Å². The van der Waals surface area contributed by atoms with Crippen LogP contribution in [0, 0.1) is 5.92 Å². The van der Waals surface area contributed by atoms with Crippen LogP contribution in [0.1, 0.15) is 31.2 Å². The third-order valence-corrected chi connectivity index (χ3v) is 4.44. The van der Waals surface area contributed by atoms with Crippen LogP contribution in [-0.2, 0) is 4.74 Å². The first kappa shape index (κ1) is 13.1. The molecule has 0 radical (unpaired) electrons. The lowest BCUT2D eigenvalue weighted by Gasteiger charge is -2.30. The van der Waals surface area contributed by atoms with Crippen LogP contribution in [-0.4, -0.2) is 31.5 Å². The van der Waals surface area contributed by atoms with Crippen molar-refractivity contribution in [3.63, 3.8) is 0 Å². The monoisotopic (exact) mass is 263 g/mol. The third-order valence-electron chi connectivity index (χ3n) is 4.44. The molecule has 1 aromatic carbocycles. The minimum Gasteiger partial charge on any atom is -0.379 e. The average Bonchev–Trinajstić information content (AvgIpc) is 3.21. The van der Waals surface area contributed by atoms with Gasteiger partial charge >= 0.3 is 0 Å². The molecule has 0 amide bonds. The van der Waals surface area contributed by atoms with Gasteiger partial charge in [0.15, 0.2) is 0 Å². The Balaban J connectivity index is 1.59. The highest BCUT2D eigenvalue weighted by molar-refractivity contribution is 5.27. The van der Waals surface area contributed by atoms with E-state index < -0.39 is 5.67 Å². The molecule has 2 fully saturated rings. The summed E-state index contributed by atoms with van der Waals surface area (Å²) in [6.07, 6.45) is 1.53. The minimum atomic E-state index is -1.10. The van der Waals surface area contributed by atoms with Gasteiger partial charge in [-0.05, 0) is 31.2 Å². The summed E-state index contributed by atoms with van der Waals surface area (Å²) in [5.41, 5.74) is 0.183. The number of nitrogens with one attached hydrogen (secondary N) is 1. The molecule has 0 aromatic heterocycles. The molecule has 1 aliphatic heterocycles. The fourth-order valence-electron chi connectivity index (χ4n) is 3.31. The zero-order valence-electron chi connectivity index (χ0n) is 11.4. The van der Waals surface area contributed by atoms with Crippen molar-refractivity contribution in [1.29, 1.82) is 0 Å². The summed E-state index contributed by atoms with van der Waals surface area (Å²) in [5.74, 6) is 0.569. The van der Waals surface area contributed by atoms with Crippen LogP contribution in [0.2, 0.25) is 0 Å². The van der Waals surface area contributed by atoms with Gasteiger partial charge in [0.1, 0.15) is 5.67 Å². The summed E-state index contributed by atoms with van der Waals surface area (Å²) in [6.45, 7) is 3.99. The molecule has 1 aliphatic carbocycles. The molecule has 104 valence electrons. The van der Waals surface area contributed by atoms with Crippen molar-refractivity contribution in [3.8, 4) is 0 Å². The lowest BCUT2D eigenvalue weighted by atomic mass is 9.91. The van der Waals surface area contributed by atoms with Crippen LogP contribution in [0.3, 0.4) is 0 Å². The molecular weight excluding hydrogens is 241 g/mol. The van der Waals surface area contributed by atoms with Gasteiger partial charge in [0, 0.05) is 18.5 Å².